The number of hydrogen-bond donors (Lipinski definition) is 2. The van der Waals surface area contributed by atoms with Crippen molar-refractivity contribution in [2.75, 3.05) is 0 Å². The quantitative estimate of drug-likeness (QED) is 0.721. The van der Waals surface area contributed by atoms with Gasteiger partial charge in [-0.1, -0.05) is 55.9 Å². The number of thioether (sulfide) groups is 1. The number of aromatic amines is 2. The highest BCUT2D eigenvalue weighted by Crippen LogP contribution is 2.25. The summed E-state index contributed by atoms with van der Waals surface area (Å²) >= 11 is 1.53. The van der Waals surface area contributed by atoms with E-state index >= 15 is 0 Å². The number of imidazole rings is 1. The lowest BCUT2D eigenvalue weighted by atomic mass is 10.2. The molecular weight excluding hydrogens is 300 g/mol. The molecule has 1 aromatic carbocycles. The van der Waals surface area contributed by atoms with Crippen molar-refractivity contribution in [2.45, 2.75) is 30.8 Å². The van der Waals surface area contributed by atoms with Gasteiger partial charge in [0, 0.05) is 5.25 Å². The third-order valence-electron chi connectivity index (χ3n) is 3.18. The van der Waals surface area contributed by atoms with Crippen molar-refractivity contribution >= 4 is 22.8 Å². The van der Waals surface area contributed by atoms with Crippen molar-refractivity contribution in [3.8, 4) is 0 Å². The van der Waals surface area contributed by atoms with Gasteiger partial charge in [-0.25, -0.2) is 4.98 Å². The first-order chi connectivity index (χ1) is 10.6. The topological polar surface area (TPSA) is 83.5 Å². The SMILES string of the molecule is CC(C)Sc1nc2c(=O)[nH][nH]c(=O)c2n1Cc1ccccc1. The largest absolute Gasteiger partial charge is 0.310 e. The van der Waals surface area contributed by atoms with Gasteiger partial charge in [0.25, 0.3) is 11.1 Å². The maximum Gasteiger partial charge on any atom is 0.290 e. The zero-order valence-electron chi connectivity index (χ0n) is 12.3. The Morgan fingerprint density at radius 3 is 2.50 bits per heavy atom. The van der Waals surface area contributed by atoms with E-state index in [1.54, 1.807) is 0 Å². The molecule has 3 rings (SSSR count). The Labute approximate surface area is 130 Å². The van der Waals surface area contributed by atoms with Crippen LogP contribution in [0.4, 0.5) is 0 Å². The molecule has 2 heterocycles. The van der Waals surface area contributed by atoms with Crippen LogP contribution < -0.4 is 11.1 Å². The molecule has 0 saturated carbocycles. The molecule has 0 aliphatic heterocycles. The van der Waals surface area contributed by atoms with Crippen LogP contribution in [0.5, 0.6) is 0 Å². The monoisotopic (exact) mass is 316 g/mol. The van der Waals surface area contributed by atoms with Crippen molar-refractivity contribution in [3.63, 3.8) is 0 Å². The normalized spacial score (nSPS) is 11.4. The summed E-state index contributed by atoms with van der Waals surface area (Å²) in [5.74, 6) is 0. The third-order valence-corrected chi connectivity index (χ3v) is 4.17. The molecule has 0 spiro atoms. The van der Waals surface area contributed by atoms with Crippen molar-refractivity contribution < 1.29 is 0 Å². The molecule has 3 aromatic rings. The average molecular weight is 316 g/mol. The van der Waals surface area contributed by atoms with E-state index in [1.165, 1.54) is 11.8 Å². The van der Waals surface area contributed by atoms with Crippen LogP contribution >= 0.6 is 11.8 Å². The molecule has 0 fully saturated rings. The Hall–Kier alpha value is -2.28. The molecule has 0 amide bonds. The van der Waals surface area contributed by atoms with E-state index in [0.29, 0.717) is 22.5 Å². The molecule has 0 atom stereocenters. The van der Waals surface area contributed by atoms with Gasteiger partial charge in [-0.2, -0.15) is 0 Å². The zero-order chi connectivity index (χ0) is 15.7. The maximum absolute atomic E-state index is 12.1. The van der Waals surface area contributed by atoms with Crippen LogP contribution in [0.25, 0.3) is 11.0 Å². The fourth-order valence-electron chi connectivity index (χ4n) is 2.27. The van der Waals surface area contributed by atoms with Crippen LogP contribution in [-0.4, -0.2) is 25.0 Å². The number of H-pyrrole nitrogens is 2. The van der Waals surface area contributed by atoms with Gasteiger partial charge in [-0.15, -0.1) is 0 Å². The fourth-order valence-corrected chi connectivity index (χ4v) is 3.11. The molecule has 114 valence electrons. The maximum atomic E-state index is 12.1. The number of rotatable bonds is 4. The van der Waals surface area contributed by atoms with Gasteiger partial charge in [0.2, 0.25) is 0 Å². The molecule has 0 bridgehead atoms. The van der Waals surface area contributed by atoms with Gasteiger partial charge in [0.05, 0.1) is 6.54 Å². The predicted molar refractivity (Wildman–Crippen MR) is 87.5 cm³/mol. The second-order valence-electron chi connectivity index (χ2n) is 5.24. The van der Waals surface area contributed by atoms with E-state index in [-0.39, 0.29) is 16.6 Å². The van der Waals surface area contributed by atoms with Gasteiger partial charge in [-0.3, -0.25) is 19.8 Å². The summed E-state index contributed by atoms with van der Waals surface area (Å²) in [6.45, 7) is 4.59. The smallest absolute Gasteiger partial charge is 0.290 e. The zero-order valence-corrected chi connectivity index (χ0v) is 13.1. The Morgan fingerprint density at radius 2 is 1.82 bits per heavy atom. The molecule has 0 aliphatic carbocycles. The summed E-state index contributed by atoms with van der Waals surface area (Å²) in [5.41, 5.74) is 0.825. The minimum atomic E-state index is -0.382. The van der Waals surface area contributed by atoms with E-state index in [4.69, 9.17) is 0 Å². The number of nitrogens with zero attached hydrogens (tertiary/aromatic N) is 2. The van der Waals surface area contributed by atoms with E-state index in [1.807, 2.05) is 48.7 Å². The first-order valence-electron chi connectivity index (χ1n) is 6.98. The second kappa shape index (κ2) is 5.84. The van der Waals surface area contributed by atoms with Crippen LogP contribution in [0.3, 0.4) is 0 Å². The third kappa shape index (κ3) is 2.71. The lowest BCUT2D eigenvalue weighted by Crippen LogP contribution is -2.21. The molecule has 6 nitrogen and oxygen atoms in total. The summed E-state index contributed by atoms with van der Waals surface area (Å²) in [4.78, 5) is 28.4. The second-order valence-corrected chi connectivity index (χ2v) is 6.78. The van der Waals surface area contributed by atoms with Gasteiger partial charge in [-0.05, 0) is 5.56 Å². The molecule has 2 aromatic heterocycles. The number of fused-ring (bicyclic) bond motifs is 1. The number of benzene rings is 1. The Bertz CT molecular complexity index is 909. The summed E-state index contributed by atoms with van der Waals surface area (Å²) in [6.07, 6.45) is 0. The standard InChI is InChI=1S/C15H16N4O2S/c1-9(2)22-15-16-11-12(14(21)18-17-13(11)20)19(15)8-10-6-4-3-5-7-10/h3-7,9H,8H2,1-2H3,(H,17,20)(H,18,21). The lowest BCUT2D eigenvalue weighted by Gasteiger charge is -2.09. The molecule has 0 saturated heterocycles. The molecule has 7 heteroatoms. The number of hydrogen-bond acceptors (Lipinski definition) is 4. The molecular formula is C15H16N4O2S. The molecule has 0 aliphatic rings. The van der Waals surface area contributed by atoms with Crippen LogP contribution in [0.15, 0.2) is 45.1 Å². The van der Waals surface area contributed by atoms with Gasteiger partial charge in [0.1, 0.15) is 5.52 Å². The Kier molecular flexibility index (Phi) is 3.89. The summed E-state index contributed by atoms with van der Waals surface area (Å²) in [5, 5.41) is 5.67. The highest BCUT2D eigenvalue weighted by atomic mass is 32.2. The van der Waals surface area contributed by atoms with Crippen molar-refractivity contribution in [2.24, 2.45) is 0 Å². The molecule has 22 heavy (non-hydrogen) atoms. The molecule has 2 N–H and O–H groups in total. The lowest BCUT2D eigenvalue weighted by molar-refractivity contribution is 0.725. The fraction of sp³-hybridized carbons (Fsp3) is 0.267. The minimum Gasteiger partial charge on any atom is -0.310 e. The Balaban J connectivity index is 2.22. The molecule has 0 unspecified atom stereocenters. The van der Waals surface area contributed by atoms with Crippen LogP contribution in [-0.2, 0) is 6.54 Å². The van der Waals surface area contributed by atoms with Crippen LogP contribution in [0, 0.1) is 0 Å². The summed E-state index contributed by atoms with van der Waals surface area (Å²) < 4.78 is 1.81. The van der Waals surface area contributed by atoms with Crippen molar-refractivity contribution in [3.05, 3.63) is 56.6 Å². The average Bonchev–Trinajstić information content (AvgIpc) is 2.83. The number of aromatic nitrogens is 4. The van der Waals surface area contributed by atoms with Gasteiger partial charge >= 0.3 is 0 Å². The first-order valence-corrected chi connectivity index (χ1v) is 7.86. The van der Waals surface area contributed by atoms with Crippen LogP contribution in [0.2, 0.25) is 0 Å². The Morgan fingerprint density at radius 1 is 1.14 bits per heavy atom. The minimum absolute atomic E-state index is 0.183. The van der Waals surface area contributed by atoms with Crippen molar-refractivity contribution in [1.29, 1.82) is 0 Å². The van der Waals surface area contributed by atoms with Gasteiger partial charge < -0.3 is 4.57 Å². The predicted octanol–water partition coefficient (Wildman–Crippen LogP) is 1.96. The highest BCUT2D eigenvalue weighted by Gasteiger charge is 2.18. The number of nitrogens with one attached hydrogen (secondary N) is 2. The highest BCUT2D eigenvalue weighted by molar-refractivity contribution is 7.99. The molecule has 0 radical (unpaired) electrons. The van der Waals surface area contributed by atoms with Crippen LogP contribution in [0.1, 0.15) is 19.4 Å². The van der Waals surface area contributed by atoms with E-state index in [0.717, 1.165) is 5.56 Å². The van der Waals surface area contributed by atoms with Crippen molar-refractivity contribution in [1.82, 2.24) is 19.7 Å². The summed E-state index contributed by atoms with van der Waals surface area (Å²) in [7, 11) is 0. The van der Waals surface area contributed by atoms with Gasteiger partial charge in [0.15, 0.2) is 10.7 Å². The van der Waals surface area contributed by atoms with E-state index in [2.05, 4.69) is 15.2 Å². The van der Waals surface area contributed by atoms with E-state index < -0.39 is 0 Å². The first kappa shape index (κ1) is 14.6. The van der Waals surface area contributed by atoms with E-state index in [9.17, 15) is 9.59 Å². The summed E-state index contributed by atoms with van der Waals surface area (Å²) in [6, 6.07) is 9.80.